The summed E-state index contributed by atoms with van der Waals surface area (Å²) in [5.74, 6) is 0.937. The molecule has 0 aromatic carbocycles. The smallest absolute Gasteiger partial charge is 0.0203 e. The zero-order chi connectivity index (χ0) is 11.1. The van der Waals surface area contributed by atoms with Gasteiger partial charge in [0.05, 0.1) is 0 Å². The number of hydrogen-bond donors (Lipinski definition) is 0. The van der Waals surface area contributed by atoms with E-state index in [4.69, 9.17) is 0 Å². The third kappa shape index (κ3) is 3.81. The van der Waals surface area contributed by atoms with Gasteiger partial charge in [0, 0.05) is 0 Å². The van der Waals surface area contributed by atoms with Gasteiger partial charge in [-0.05, 0) is 44.4 Å². The standard InChI is InChI=1S/C16H26/c1-3-7-11-15(12-8-4-1)16-13-9-5-2-6-10-14-16/h1,3,12,16H,2,4-11,13-14H2. The van der Waals surface area contributed by atoms with Crippen molar-refractivity contribution in [1.29, 1.82) is 0 Å². The summed E-state index contributed by atoms with van der Waals surface area (Å²) in [4.78, 5) is 0. The predicted molar refractivity (Wildman–Crippen MR) is 71.5 cm³/mol. The third-order valence-electron chi connectivity index (χ3n) is 4.14. The Morgan fingerprint density at radius 3 is 2.25 bits per heavy atom. The van der Waals surface area contributed by atoms with Crippen LogP contribution in [-0.2, 0) is 0 Å². The minimum absolute atomic E-state index is 0.937. The van der Waals surface area contributed by atoms with Crippen LogP contribution in [-0.4, -0.2) is 0 Å². The summed E-state index contributed by atoms with van der Waals surface area (Å²) in [5.41, 5.74) is 1.80. The molecule has 0 saturated heterocycles. The van der Waals surface area contributed by atoms with E-state index >= 15 is 0 Å². The van der Waals surface area contributed by atoms with Gasteiger partial charge in [-0.15, -0.1) is 0 Å². The summed E-state index contributed by atoms with van der Waals surface area (Å²) in [6.45, 7) is 0. The fourth-order valence-corrected chi connectivity index (χ4v) is 3.15. The van der Waals surface area contributed by atoms with Crippen molar-refractivity contribution in [3.05, 3.63) is 23.8 Å². The molecular formula is C16H26. The second kappa shape index (κ2) is 6.93. The fraction of sp³-hybridized carbons (Fsp3) is 0.750. The van der Waals surface area contributed by atoms with Crippen molar-refractivity contribution in [2.24, 2.45) is 5.92 Å². The second-order valence-electron chi connectivity index (χ2n) is 5.41. The van der Waals surface area contributed by atoms with E-state index in [1.807, 2.05) is 0 Å². The van der Waals surface area contributed by atoms with E-state index in [1.165, 1.54) is 70.6 Å². The molecule has 16 heavy (non-hydrogen) atoms. The average molecular weight is 218 g/mol. The van der Waals surface area contributed by atoms with Crippen molar-refractivity contribution in [3.63, 3.8) is 0 Å². The van der Waals surface area contributed by atoms with Gasteiger partial charge in [-0.3, -0.25) is 0 Å². The van der Waals surface area contributed by atoms with E-state index in [9.17, 15) is 0 Å². The largest absolute Gasteiger partial charge is 0.0882 e. The van der Waals surface area contributed by atoms with Crippen molar-refractivity contribution < 1.29 is 0 Å². The molecule has 0 amide bonds. The lowest BCUT2D eigenvalue weighted by atomic mass is 9.83. The number of hydrogen-bond acceptors (Lipinski definition) is 0. The van der Waals surface area contributed by atoms with Gasteiger partial charge in [-0.2, -0.15) is 0 Å². The van der Waals surface area contributed by atoms with Crippen LogP contribution in [0.4, 0.5) is 0 Å². The molecule has 0 heterocycles. The highest BCUT2D eigenvalue weighted by molar-refractivity contribution is 5.10. The van der Waals surface area contributed by atoms with Crippen molar-refractivity contribution in [3.8, 4) is 0 Å². The van der Waals surface area contributed by atoms with E-state index in [1.54, 1.807) is 5.57 Å². The van der Waals surface area contributed by atoms with Gasteiger partial charge in [-0.1, -0.05) is 55.9 Å². The fourth-order valence-electron chi connectivity index (χ4n) is 3.15. The zero-order valence-electron chi connectivity index (χ0n) is 10.6. The Morgan fingerprint density at radius 1 is 0.750 bits per heavy atom. The maximum Gasteiger partial charge on any atom is -0.0203 e. The van der Waals surface area contributed by atoms with Crippen LogP contribution in [0.1, 0.15) is 70.6 Å². The minimum atomic E-state index is 0.937. The molecule has 0 heteroatoms. The Bertz CT molecular complexity index is 239. The van der Waals surface area contributed by atoms with Gasteiger partial charge >= 0.3 is 0 Å². The van der Waals surface area contributed by atoms with E-state index in [0.29, 0.717) is 0 Å². The van der Waals surface area contributed by atoms with Gasteiger partial charge in [0.1, 0.15) is 0 Å². The summed E-state index contributed by atoms with van der Waals surface area (Å²) in [5, 5.41) is 0. The lowest BCUT2D eigenvalue weighted by Gasteiger charge is -2.23. The van der Waals surface area contributed by atoms with Crippen molar-refractivity contribution in [1.82, 2.24) is 0 Å². The maximum absolute atomic E-state index is 2.57. The third-order valence-corrected chi connectivity index (χ3v) is 4.14. The maximum atomic E-state index is 2.57. The summed E-state index contributed by atoms with van der Waals surface area (Å²) < 4.78 is 0. The lowest BCUT2D eigenvalue weighted by molar-refractivity contribution is 0.411. The zero-order valence-corrected chi connectivity index (χ0v) is 10.6. The van der Waals surface area contributed by atoms with E-state index in [-0.39, 0.29) is 0 Å². The second-order valence-corrected chi connectivity index (χ2v) is 5.41. The molecule has 1 fully saturated rings. The van der Waals surface area contributed by atoms with Crippen LogP contribution in [0.2, 0.25) is 0 Å². The van der Waals surface area contributed by atoms with Crippen molar-refractivity contribution in [2.75, 3.05) is 0 Å². The molecule has 2 aliphatic rings. The van der Waals surface area contributed by atoms with Gasteiger partial charge in [0.2, 0.25) is 0 Å². The van der Waals surface area contributed by atoms with E-state index in [0.717, 1.165) is 5.92 Å². The number of rotatable bonds is 1. The van der Waals surface area contributed by atoms with Gasteiger partial charge < -0.3 is 0 Å². The Labute approximate surface area is 101 Å². The summed E-state index contributed by atoms with van der Waals surface area (Å²) in [7, 11) is 0. The van der Waals surface area contributed by atoms with Crippen LogP contribution in [0, 0.1) is 5.92 Å². The monoisotopic (exact) mass is 218 g/mol. The number of allylic oxidation sites excluding steroid dienone is 4. The van der Waals surface area contributed by atoms with Crippen molar-refractivity contribution >= 4 is 0 Å². The van der Waals surface area contributed by atoms with Crippen LogP contribution in [0.15, 0.2) is 23.8 Å². The first kappa shape index (κ1) is 12.0. The molecule has 0 nitrogen and oxygen atoms in total. The summed E-state index contributed by atoms with van der Waals surface area (Å²) in [6.07, 6.45) is 22.8. The van der Waals surface area contributed by atoms with Gasteiger partial charge in [0.25, 0.3) is 0 Å². The van der Waals surface area contributed by atoms with Gasteiger partial charge in [-0.25, -0.2) is 0 Å². The van der Waals surface area contributed by atoms with Crippen LogP contribution in [0.25, 0.3) is 0 Å². The van der Waals surface area contributed by atoms with E-state index in [2.05, 4.69) is 18.2 Å². The minimum Gasteiger partial charge on any atom is -0.0882 e. The highest BCUT2D eigenvalue weighted by atomic mass is 14.2. The molecule has 0 radical (unpaired) electrons. The Balaban J connectivity index is 1.91. The Hall–Kier alpha value is -0.520. The molecule has 90 valence electrons. The molecule has 0 bridgehead atoms. The van der Waals surface area contributed by atoms with Gasteiger partial charge in [0.15, 0.2) is 0 Å². The van der Waals surface area contributed by atoms with Crippen LogP contribution < -0.4 is 0 Å². The van der Waals surface area contributed by atoms with Crippen LogP contribution in [0.3, 0.4) is 0 Å². The topological polar surface area (TPSA) is 0 Å². The average Bonchev–Trinajstić information content (AvgIpc) is 2.18. The molecular weight excluding hydrogens is 192 g/mol. The normalized spacial score (nSPS) is 25.1. The molecule has 0 aromatic heterocycles. The van der Waals surface area contributed by atoms with E-state index < -0.39 is 0 Å². The first-order chi connectivity index (χ1) is 7.97. The van der Waals surface area contributed by atoms with Crippen LogP contribution >= 0.6 is 0 Å². The highest BCUT2D eigenvalue weighted by Gasteiger charge is 2.15. The lowest BCUT2D eigenvalue weighted by Crippen LogP contribution is -2.07. The SMILES string of the molecule is C1=CCCC(C2CCCCCCC2)=CCC1. The first-order valence-corrected chi connectivity index (χ1v) is 7.31. The molecule has 0 spiro atoms. The Morgan fingerprint density at radius 2 is 1.44 bits per heavy atom. The molecule has 2 rings (SSSR count). The molecule has 0 N–H and O–H groups in total. The molecule has 0 aliphatic heterocycles. The highest BCUT2D eigenvalue weighted by Crippen LogP contribution is 2.31. The summed E-state index contributed by atoms with van der Waals surface area (Å²) in [6, 6.07) is 0. The molecule has 0 aromatic rings. The molecule has 2 aliphatic carbocycles. The quantitative estimate of drug-likeness (QED) is 0.517. The molecule has 0 unspecified atom stereocenters. The summed E-state index contributed by atoms with van der Waals surface area (Å²) >= 11 is 0. The predicted octanol–water partition coefficient (Wildman–Crippen LogP) is 5.40. The van der Waals surface area contributed by atoms with Crippen LogP contribution in [0.5, 0.6) is 0 Å². The first-order valence-electron chi connectivity index (χ1n) is 7.31. The Kier molecular flexibility index (Phi) is 5.18. The van der Waals surface area contributed by atoms with Crippen molar-refractivity contribution in [2.45, 2.75) is 70.6 Å². The molecule has 0 atom stereocenters. The molecule has 1 saturated carbocycles.